The van der Waals surface area contributed by atoms with Crippen LogP contribution in [0.1, 0.15) is 58.2 Å². The van der Waals surface area contributed by atoms with E-state index in [0.29, 0.717) is 22.4 Å². The van der Waals surface area contributed by atoms with Crippen molar-refractivity contribution < 1.29 is 8.78 Å². The van der Waals surface area contributed by atoms with Crippen molar-refractivity contribution in [2.75, 3.05) is 0 Å². The monoisotopic (exact) mass is 443 g/mol. The first-order valence-electron chi connectivity index (χ1n) is 10.4. The highest BCUT2D eigenvalue weighted by molar-refractivity contribution is 8.00. The summed E-state index contributed by atoms with van der Waals surface area (Å²) in [5, 5.41) is 5.39. The molecule has 3 aromatic rings. The largest absolute Gasteiger partial charge is 0.317 e. The van der Waals surface area contributed by atoms with Gasteiger partial charge in [0.25, 0.3) is 0 Å². The second kappa shape index (κ2) is 8.38. The lowest BCUT2D eigenvalue weighted by molar-refractivity contribution is 0.0802. The van der Waals surface area contributed by atoms with Gasteiger partial charge in [0.2, 0.25) is 0 Å². The van der Waals surface area contributed by atoms with Crippen LogP contribution in [-0.4, -0.2) is 20.2 Å². The quantitative estimate of drug-likeness (QED) is 0.390. The molecule has 0 fully saturated rings. The molecule has 0 atom stereocenters. The van der Waals surface area contributed by atoms with Gasteiger partial charge in [-0.3, -0.25) is 0 Å². The molecule has 166 valence electrons. The third-order valence-electron chi connectivity index (χ3n) is 5.05. The molecule has 0 unspecified atom stereocenters. The second-order valence-electron chi connectivity index (χ2n) is 10.1. The molecule has 0 aliphatic heterocycles. The molecule has 0 bridgehead atoms. The lowest BCUT2D eigenvalue weighted by atomic mass is 9.74. The number of thioether (sulfide) groups is 1. The molecule has 0 radical (unpaired) electrons. The summed E-state index contributed by atoms with van der Waals surface area (Å²) in [7, 11) is 0. The number of halogens is 2. The third-order valence-corrected chi connectivity index (χ3v) is 5.99. The fraction of sp³-hybridized carbons (Fsp3) is 0.440. The minimum atomic E-state index is -3.00. The van der Waals surface area contributed by atoms with Gasteiger partial charge >= 0.3 is 5.25 Å². The predicted molar refractivity (Wildman–Crippen MR) is 125 cm³/mol. The molecule has 3 nitrogen and oxygen atoms in total. The summed E-state index contributed by atoms with van der Waals surface area (Å²) in [4.78, 5) is 0.524. The summed E-state index contributed by atoms with van der Waals surface area (Å²) in [5.74, 6) is 0. The van der Waals surface area contributed by atoms with Crippen molar-refractivity contribution in [3.8, 4) is 11.3 Å². The van der Waals surface area contributed by atoms with Crippen LogP contribution in [0.2, 0.25) is 0 Å². The fourth-order valence-corrected chi connectivity index (χ4v) is 4.45. The van der Waals surface area contributed by atoms with Gasteiger partial charge in [0.15, 0.2) is 0 Å². The zero-order valence-electron chi connectivity index (χ0n) is 19.3. The molecule has 0 amide bonds. The lowest BCUT2D eigenvalue weighted by Crippen LogP contribution is -2.20. The van der Waals surface area contributed by atoms with Crippen molar-refractivity contribution in [1.82, 2.24) is 15.0 Å². The van der Waals surface area contributed by atoms with E-state index in [2.05, 4.69) is 70.9 Å². The molecule has 0 spiro atoms. The maximum Gasteiger partial charge on any atom is 0.317 e. The maximum atomic E-state index is 14.7. The molecule has 1 heterocycles. The van der Waals surface area contributed by atoms with E-state index >= 15 is 0 Å². The van der Waals surface area contributed by atoms with Gasteiger partial charge in [-0.15, -0.1) is 5.10 Å². The van der Waals surface area contributed by atoms with Crippen molar-refractivity contribution in [1.29, 1.82) is 0 Å². The minimum Gasteiger partial charge on any atom is -0.245 e. The lowest BCUT2D eigenvalue weighted by Gasteiger charge is -2.30. The van der Waals surface area contributed by atoms with Crippen LogP contribution >= 0.6 is 11.8 Å². The number of nitrogens with zero attached hydrogens (tertiary/aromatic N) is 3. The van der Waals surface area contributed by atoms with E-state index in [1.54, 1.807) is 30.5 Å². The van der Waals surface area contributed by atoms with E-state index in [1.165, 1.54) is 10.2 Å². The van der Waals surface area contributed by atoms with E-state index < -0.39 is 11.8 Å². The summed E-state index contributed by atoms with van der Waals surface area (Å²) in [6.07, 6.45) is 1.65. The molecule has 0 N–H and O–H groups in total. The Morgan fingerprint density at radius 3 is 1.97 bits per heavy atom. The summed E-state index contributed by atoms with van der Waals surface area (Å²) in [6, 6.07) is 13.0. The summed E-state index contributed by atoms with van der Waals surface area (Å²) < 4.78 is 30.6. The minimum absolute atomic E-state index is 0.127. The topological polar surface area (TPSA) is 30.7 Å². The average Bonchev–Trinajstić information content (AvgIpc) is 3.07. The number of rotatable bonds is 5. The summed E-state index contributed by atoms with van der Waals surface area (Å²) in [6.45, 7) is 14.5. The Morgan fingerprint density at radius 1 is 0.903 bits per heavy atom. The molecule has 2 aromatic carbocycles. The molecule has 0 aliphatic carbocycles. The van der Waals surface area contributed by atoms with Gasteiger partial charge in [-0.05, 0) is 41.0 Å². The molecular formula is C25H31F2N3S. The molecule has 0 saturated carbocycles. The first-order valence-corrected chi connectivity index (χ1v) is 11.3. The van der Waals surface area contributed by atoms with Gasteiger partial charge in [-0.1, -0.05) is 94.4 Å². The standard InChI is InChI=1S/C25H31F2N3S/c1-17-13-19(23(2,3)4)22(20(14-17)24(5,6)7)21-15-30(29-28-21)16-25(26,27)31-18-11-9-8-10-12-18/h8-15H,16H2,1-7H3. The Morgan fingerprint density at radius 2 is 1.45 bits per heavy atom. The van der Waals surface area contributed by atoms with E-state index in [0.717, 1.165) is 16.7 Å². The smallest absolute Gasteiger partial charge is 0.245 e. The Bertz CT molecular complexity index is 1010. The highest BCUT2D eigenvalue weighted by Crippen LogP contribution is 2.41. The van der Waals surface area contributed by atoms with Crippen LogP contribution in [0, 0.1) is 6.92 Å². The van der Waals surface area contributed by atoms with Gasteiger partial charge in [-0.2, -0.15) is 8.78 Å². The van der Waals surface area contributed by atoms with Crippen LogP contribution in [0.5, 0.6) is 0 Å². The van der Waals surface area contributed by atoms with Gasteiger partial charge in [0.1, 0.15) is 12.2 Å². The van der Waals surface area contributed by atoms with Crippen molar-refractivity contribution >= 4 is 11.8 Å². The SMILES string of the molecule is Cc1cc(C(C)(C)C)c(-c2cn(CC(F)(F)Sc3ccccc3)nn2)c(C(C)(C)C)c1. The normalized spacial score (nSPS) is 12.9. The number of hydrogen-bond acceptors (Lipinski definition) is 3. The van der Waals surface area contributed by atoms with Gasteiger partial charge in [-0.25, -0.2) is 4.68 Å². The Labute approximate surface area is 188 Å². The van der Waals surface area contributed by atoms with Gasteiger partial charge in [0, 0.05) is 10.5 Å². The third kappa shape index (κ3) is 5.73. The van der Waals surface area contributed by atoms with Crippen molar-refractivity contribution in [3.05, 3.63) is 65.4 Å². The Kier molecular flexibility index (Phi) is 6.34. The van der Waals surface area contributed by atoms with E-state index in [1.807, 2.05) is 6.07 Å². The molecule has 1 aromatic heterocycles. The van der Waals surface area contributed by atoms with E-state index in [9.17, 15) is 8.78 Å². The van der Waals surface area contributed by atoms with Gasteiger partial charge < -0.3 is 0 Å². The van der Waals surface area contributed by atoms with Crippen LogP contribution in [0.4, 0.5) is 8.78 Å². The van der Waals surface area contributed by atoms with Crippen molar-refractivity contribution in [2.45, 2.75) is 76.0 Å². The number of aromatic nitrogens is 3. The van der Waals surface area contributed by atoms with Crippen molar-refractivity contribution in [2.24, 2.45) is 0 Å². The first kappa shape index (κ1) is 23.5. The highest BCUT2D eigenvalue weighted by atomic mass is 32.2. The van der Waals surface area contributed by atoms with Crippen LogP contribution < -0.4 is 0 Å². The molecule has 0 saturated heterocycles. The number of benzene rings is 2. The number of alkyl halides is 2. The molecule has 3 rings (SSSR count). The average molecular weight is 444 g/mol. The Hall–Kier alpha value is -2.21. The van der Waals surface area contributed by atoms with Crippen LogP contribution in [0.15, 0.2) is 53.6 Å². The van der Waals surface area contributed by atoms with Crippen LogP contribution in [0.25, 0.3) is 11.3 Å². The Balaban J connectivity index is 2.00. The zero-order chi connectivity index (χ0) is 23.0. The van der Waals surface area contributed by atoms with Gasteiger partial charge in [0.05, 0.1) is 6.20 Å². The second-order valence-corrected chi connectivity index (χ2v) is 11.4. The molecule has 6 heteroatoms. The van der Waals surface area contributed by atoms with Crippen molar-refractivity contribution in [3.63, 3.8) is 0 Å². The summed E-state index contributed by atoms with van der Waals surface area (Å²) >= 11 is 0.541. The first-order chi connectivity index (χ1) is 14.3. The molecular weight excluding hydrogens is 412 g/mol. The van der Waals surface area contributed by atoms with E-state index in [-0.39, 0.29) is 10.8 Å². The zero-order valence-corrected chi connectivity index (χ0v) is 20.1. The van der Waals surface area contributed by atoms with Crippen LogP contribution in [0.3, 0.4) is 0 Å². The summed E-state index contributed by atoms with van der Waals surface area (Å²) in [5.41, 5.74) is 4.85. The van der Waals surface area contributed by atoms with Crippen LogP contribution in [-0.2, 0) is 17.4 Å². The number of aryl methyl sites for hydroxylation is 1. The highest BCUT2D eigenvalue weighted by Gasteiger charge is 2.33. The number of hydrogen-bond donors (Lipinski definition) is 0. The maximum absolute atomic E-state index is 14.7. The molecule has 31 heavy (non-hydrogen) atoms. The fourth-order valence-electron chi connectivity index (χ4n) is 3.62. The predicted octanol–water partition coefficient (Wildman–Crippen LogP) is 7.23. The van der Waals surface area contributed by atoms with E-state index in [4.69, 9.17) is 0 Å². The molecule has 0 aliphatic rings.